The molecule has 1 aromatic carbocycles. The molecule has 0 aliphatic rings. The van der Waals surface area contributed by atoms with Gasteiger partial charge in [-0.05, 0) is 36.5 Å². The van der Waals surface area contributed by atoms with E-state index in [4.69, 9.17) is 5.11 Å². The van der Waals surface area contributed by atoms with Crippen molar-refractivity contribution >= 4 is 11.3 Å². The lowest BCUT2D eigenvalue weighted by Gasteiger charge is -2.17. The van der Waals surface area contributed by atoms with Gasteiger partial charge in [-0.15, -0.1) is 11.3 Å². The highest BCUT2D eigenvalue weighted by atomic mass is 32.1. The van der Waals surface area contributed by atoms with E-state index in [9.17, 15) is 0 Å². The third kappa shape index (κ3) is 3.94. The minimum Gasteiger partial charge on any atom is -0.384 e. The van der Waals surface area contributed by atoms with Crippen molar-refractivity contribution < 1.29 is 5.11 Å². The first-order chi connectivity index (χ1) is 9.70. The van der Waals surface area contributed by atoms with Crippen LogP contribution >= 0.6 is 11.3 Å². The molecule has 0 unspecified atom stereocenters. The number of benzene rings is 1. The first-order valence-electron chi connectivity index (χ1n) is 6.60. The Morgan fingerprint density at radius 1 is 1.20 bits per heavy atom. The lowest BCUT2D eigenvalue weighted by Crippen LogP contribution is -2.17. The number of aliphatic hydroxyl groups is 1. The summed E-state index contributed by atoms with van der Waals surface area (Å²) >= 11 is 1.72. The van der Waals surface area contributed by atoms with E-state index in [-0.39, 0.29) is 6.61 Å². The molecule has 0 aliphatic heterocycles. The van der Waals surface area contributed by atoms with E-state index >= 15 is 0 Å². The SMILES string of the molecule is Cc1ccccc1CN(C)Cc1sccc1C#CCO. The van der Waals surface area contributed by atoms with Crippen LogP contribution in [0.1, 0.15) is 21.6 Å². The molecule has 2 rings (SSSR count). The highest BCUT2D eigenvalue weighted by molar-refractivity contribution is 7.10. The maximum Gasteiger partial charge on any atom is 0.104 e. The third-order valence-corrected chi connectivity index (χ3v) is 4.07. The molecule has 2 nitrogen and oxygen atoms in total. The summed E-state index contributed by atoms with van der Waals surface area (Å²) in [6.45, 7) is 3.86. The summed E-state index contributed by atoms with van der Waals surface area (Å²) in [6.07, 6.45) is 0. The van der Waals surface area contributed by atoms with Crippen molar-refractivity contribution in [2.75, 3.05) is 13.7 Å². The van der Waals surface area contributed by atoms with E-state index in [1.54, 1.807) is 11.3 Å². The molecule has 0 radical (unpaired) electrons. The van der Waals surface area contributed by atoms with Crippen LogP contribution in [0.3, 0.4) is 0 Å². The summed E-state index contributed by atoms with van der Waals surface area (Å²) < 4.78 is 0. The van der Waals surface area contributed by atoms with Gasteiger partial charge in [0.1, 0.15) is 6.61 Å². The normalized spacial score (nSPS) is 10.4. The van der Waals surface area contributed by atoms with Crippen LogP contribution in [-0.4, -0.2) is 23.7 Å². The van der Waals surface area contributed by atoms with Crippen molar-refractivity contribution in [2.24, 2.45) is 0 Å². The molecule has 1 heterocycles. The highest BCUT2D eigenvalue weighted by Gasteiger charge is 2.07. The average Bonchev–Trinajstić information content (AvgIpc) is 2.86. The van der Waals surface area contributed by atoms with Gasteiger partial charge in [0.25, 0.3) is 0 Å². The van der Waals surface area contributed by atoms with Gasteiger partial charge in [-0.25, -0.2) is 0 Å². The van der Waals surface area contributed by atoms with Crippen molar-refractivity contribution in [3.8, 4) is 11.8 Å². The Hall–Kier alpha value is -1.60. The maximum absolute atomic E-state index is 8.78. The molecular formula is C17H19NOS. The highest BCUT2D eigenvalue weighted by Crippen LogP contribution is 2.19. The molecule has 0 fully saturated rings. The standard InChI is InChI=1S/C17H19NOS/c1-14-6-3-4-7-16(14)12-18(2)13-17-15(8-5-10-19)9-11-20-17/h3-4,6-7,9,11,19H,10,12-13H2,1-2H3. The van der Waals surface area contributed by atoms with Crippen molar-refractivity contribution in [2.45, 2.75) is 20.0 Å². The lowest BCUT2D eigenvalue weighted by atomic mass is 10.1. The van der Waals surface area contributed by atoms with Gasteiger partial charge in [0.15, 0.2) is 0 Å². The van der Waals surface area contributed by atoms with Crippen LogP contribution in [0.2, 0.25) is 0 Å². The molecule has 0 atom stereocenters. The number of thiophene rings is 1. The van der Waals surface area contributed by atoms with E-state index in [2.05, 4.69) is 60.4 Å². The Balaban J connectivity index is 2.03. The van der Waals surface area contributed by atoms with E-state index in [1.165, 1.54) is 16.0 Å². The summed E-state index contributed by atoms with van der Waals surface area (Å²) in [5, 5.41) is 10.8. The topological polar surface area (TPSA) is 23.5 Å². The van der Waals surface area contributed by atoms with Gasteiger partial charge in [0.05, 0.1) is 0 Å². The Labute approximate surface area is 124 Å². The lowest BCUT2D eigenvalue weighted by molar-refractivity contribution is 0.321. The fraction of sp³-hybridized carbons (Fsp3) is 0.294. The van der Waals surface area contributed by atoms with Gasteiger partial charge in [-0.1, -0.05) is 36.1 Å². The van der Waals surface area contributed by atoms with E-state index < -0.39 is 0 Å². The van der Waals surface area contributed by atoms with Crippen LogP contribution < -0.4 is 0 Å². The van der Waals surface area contributed by atoms with Crippen LogP contribution in [0, 0.1) is 18.8 Å². The second-order valence-electron chi connectivity index (χ2n) is 4.82. The van der Waals surface area contributed by atoms with Gasteiger partial charge in [0, 0.05) is 23.5 Å². The molecular weight excluding hydrogens is 266 g/mol. The zero-order chi connectivity index (χ0) is 14.4. The molecule has 20 heavy (non-hydrogen) atoms. The summed E-state index contributed by atoms with van der Waals surface area (Å²) in [4.78, 5) is 3.54. The summed E-state index contributed by atoms with van der Waals surface area (Å²) in [5.74, 6) is 5.72. The van der Waals surface area contributed by atoms with Gasteiger partial charge in [-0.3, -0.25) is 4.90 Å². The van der Waals surface area contributed by atoms with Gasteiger partial charge in [0.2, 0.25) is 0 Å². The third-order valence-electron chi connectivity index (χ3n) is 3.16. The number of aliphatic hydroxyl groups excluding tert-OH is 1. The van der Waals surface area contributed by atoms with E-state index in [1.807, 2.05) is 6.07 Å². The molecule has 1 aromatic heterocycles. The predicted octanol–water partition coefficient (Wildman–Crippen LogP) is 3.03. The first-order valence-corrected chi connectivity index (χ1v) is 7.48. The quantitative estimate of drug-likeness (QED) is 0.873. The van der Waals surface area contributed by atoms with Gasteiger partial charge in [-0.2, -0.15) is 0 Å². The summed E-state index contributed by atoms with van der Waals surface area (Å²) in [7, 11) is 2.12. The minimum atomic E-state index is -0.0890. The Bertz CT molecular complexity index is 621. The van der Waals surface area contributed by atoms with Crippen LogP contribution in [0.15, 0.2) is 35.7 Å². The molecule has 1 N–H and O–H groups in total. The Morgan fingerprint density at radius 3 is 2.75 bits per heavy atom. The molecule has 0 spiro atoms. The second kappa shape index (κ2) is 7.25. The fourth-order valence-corrected chi connectivity index (χ4v) is 3.00. The summed E-state index contributed by atoms with van der Waals surface area (Å²) in [6, 6.07) is 10.5. The fourth-order valence-electron chi connectivity index (χ4n) is 2.09. The van der Waals surface area contributed by atoms with E-state index in [0.29, 0.717) is 0 Å². The van der Waals surface area contributed by atoms with Gasteiger partial charge < -0.3 is 5.11 Å². The summed E-state index contributed by atoms with van der Waals surface area (Å²) in [5.41, 5.74) is 3.71. The van der Waals surface area contributed by atoms with Crippen molar-refractivity contribution in [1.82, 2.24) is 4.90 Å². The number of hydrogen-bond acceptors (Lipinski definition) is 3. The number of hydrogen-bond donors (Lipinski definition) is 1. The zero-order valence-corrected chi connectivity index (χ0v) is 12.7. The molecule has 0 saturated heterocycles. The molecule has 0 saturated carbocycles. The Morgan fingerprint density at radius 2 is 2.00 bits per heavy atom. The zero-order valence-electron chi connectivity index (χ0n) is 11.9. The number of rotatable bonds is 4. The molecule has 0 bridgehead atoms. The van der Waals surface area contributed by atoms with Crippen LogP contribution in [0.5, 0.6) is 0 Å². The maximum atomic E-state index is 8.78. The largest absolute Gasteiger partial charge is 0.384 e. The minimum absolute atomic E-state index is 0.0890. The van der Waals surface area contributed by atoms with Gasteiger partial charge >= 0.3 is 0 Å². The van der Waals surface area contributed by atoms with Crippen molar-refractivity contribution in [3.63, 3.8) is 0 Å². The molecule has 3 heteroatoms. The Kier molecular flexibility index (Phi) is 5.37. The van der Waals surface area contributed by atoms with Crippen molar-refractivity contribution in [1.29, 1.82) is 0 Å². The molecule has 0 amide bonds. The number of nitrogens with zero attached hydrogens (tertiary/aromatic N) is 1. The monoisotopic (exact) mass is 285 g/mol. The second-order valence-corrected chi connectivity index (χ2v) is 5.82. The smallest absolute Gasteiger partial charge is 0.104 e. The first kappa shape index (κ1) is 14.8. The van der Waals surface area contributed by atoms with Crippen LogP contribution in [0.25, 0.3) is 0 Å². The molecule has 2 aromatic rings. The van der Waals surface area contributed by atoms with Crippen LogP contribution in [-0.2, 0) is 13.1 Å². The number of aryl methyl sites for hydroxylation is 1. The van der Waals surface area contributed by atoms with Crippen molar-refractivity contribution in [3.05, 3.63) is 57.3 Å². The van der Waals surface area contributed by atoms with Crippen LogP contribution in [0.4, 0.5) is 0 Å². The average molecular weight is 285 g/mol. The molecule has 104 valence electrons. The van der Waals surface area contributed by atoms with E-state index in [0.717, 1.165) is 18.7 Å². The molecule has 0 aliphatic carbocycles. The predicted molar refractivity (Wildman–Crippen MR) is 84.6 cm³/mol.